The number of benzene rings is 7. The Hall–Kier alpha value is 6.54. The molecule has 390 valence electrons. The molecule has 0 aliphatic carbocycles. The SMILES string of the molecule is Brc1ccc(C(Br)(Br)c2ccccc2C(c2ccccc2)(C(Br)(Br)c2ccc(Br)c(Br)c2Br)C(C(Br)(Br)c2ccc(Br)c(Br)c2Br)(C(Br)(Br)c2ccc(Br)c(Br)c2Br)C(Br)(Br)c2ccc(Br)c(Br)c2Br)c(Br)c1Br. The highest BCUT2D eigenvalue weighted by atomic mass is 80.0. The zero-order valence-electron chi connectivity index (χ0n) is 35.4. The quantitative estimate of drug-likeness (QED) is 0.0797. The second-order valence-corrected chi connectivity index (χ2v) is 45.3. The lowest BCUT2D eigenvalue weighted by Gasteiger charge is -2.70. The van der Waals surface area contributed by atoms with E-state index in [4.69, 9.17) is 127 Å². The van der Waals surface area contributed by atoms with Crippen molar-refractivity contribution >= 4 is 398 Å². The summed E-state index contributed by atoms with van der Waals surface area (Å²) >= 11 is 106. The predicted molar refractivity (Wildman–Crippen MR) is 401 cm³/mol. The van der Waals surface area contributed by atoms with Gasteiger partial charge < -0.3 is 0 Å². The van der Waals surface area contributed by atoms with E-state index in [1.165, 1.54) is 0 Å². The molecule has 7 rings (SSSR count). The topological polar surface area (TPSA) is 0 Å². The molecule has 0 aromatic heterocycles. The smallest absolute Gasteiger partial charge is 0.0665 e. The van der Waals surface area contributed by atoms with Gasteiger partial charge in [-0.05, 0) is 314 Å². The lowest BCUT2D eigenvalue weighted by Crippen LogP contribution is -2.72. The molecule has 7 aromatic carbocycles. The second kappa shape index (κ2) is 26.3. The first kappa shape index (κ1) is 68.0. The Morgan fingerprint density at radius 1 is 0.216 bits per heavy atom. The maximum atomic E-state index is 4.74. The number of rotatable bonds is 13. The third-order valence-electron chi connectivity index (χ3n) is 12.2. The summed E-state index contributed by atoms with van der Waals surface area (Å²) in [6.07, 6.45) is 0. The van der Waals surface area contributed by atoms with Crippen molar-refractivity contribution in [3.8, 4) is 0 Å². The molecule has 1 unspecified atom stereocenters. The highest BCUT2D eigenvalue weighted by Gasteiger charge is 2.84. The fourth-order valence-electron chi connectivity index (χ4n) is 9.03. The van der Waals surface area contributed by atoms with Gasteiger partial charge in [-0.3, -0.25) is 0 Å². The zero-order valence-corrected chi connectivity index (χ0v) is 75.1. The summed E-state index contributed by atoms with van der Waals surface area (Å²) in [4.78, 5) is 0. The second-order valence-electron chi connectivity index (χ2n) is 15.9. The summed E-state index contributed by atoms with van der Waals surface area (Å²) in [7, 11) is 0. The molecule has 0 bridgehead atoms. The van der Waals surface area contributed by atoms with Gasteiger partial charge in [0, 0.05) is 67.1 Å². The number of alkyl halides is 10. The first-order valence-corrected chi connectivity index (χ1v) is 39.8. The molecule has 0 saturated heterocycles. The van der Waals surface area contributed by atoms with Crippen molar-refractivity contribution in [2.24, 2.45) is 5.41 Å². The van der Waals surface area contributed by atoms with Crippen LogP contribution in [0.5, 0.6) is 0 Å². The summed E-state index contributed by atoms with van der Waals surface area (Å²) in [5.74, 6) is 0. The molecule has 74 heavy (non-hydrogen) atoms. The molecule has 0 spiro atoms. The van der Waals surface area contributed by atoms with Crippen molar-refractivity contribution < 1.29 is 0 Å². The van der Waals surface area contributed by atoms with Crippen LogP contribution in [0, 0.1) is 5.41 Å². The number of halogens is 25. The van der Waals surface area contributed by atoms with Gasteiger partial charge in [-0.15, -0.1) is 0 Å². The average Bonchev–Trinajstić information content (AvgIpc) is 3.33. The van der Waals surface area contributed by atoms with Crippen molar-refractivity contribution in [1.82, 2.24) is 0 Å². The van der Waals surface area contributed by atoms with Gasteiger partial charge in [0.05, 0.1) is 10.8 Å². The van der Waals surface area contributed by atoms with Crippen LogP contribution >= 0.6 is 398 Å². The number of hydrogen-bond acceptors (Lipinski definition) is 0. The van der Waals surface area contributed by atoms with E-state index < -0.39 is 27.0 Å². The minimum absolute atomic E-state index is 0.736. The Bertz CT molecular complexity index is 3180. The average molecular weight is 2610 g/mol. The fourth-order valence-corrected chi connectivity index (χ4v) is 33.6. The fraction of sp³-hybridized carbons (Fsp3) is 0.143. The standard InChI is InChI=1S/C49H19Br25/c50-28-15-10-23(33(55)38(28)60)44(65,66)22-9-5-4-8-21(22)43(20-6-2-1-3-7-20,45(67,68)24-11-16-29(51)39(61)34(24)56)49(46(69,70)25-12-17-30(52)40(62)35(25)57,47(71,72)26-13-18-31(53)41(63)36(26)58)48(73,74)27-14-19-32(54)42(64)37(27)59/h1-19H. The van der Waals surface area contributed by atoms with E-state index in [9.17, 15) is 0 Å². The van der Waals surface area contributed by atoms with E-state index in [0.29, 0.717) is 0 Å². The van der Waals surface area contributed by atoms with Crippen LogP contribution in [0.4, 0.5) is 0 Å². The lowest BCUT2D eigenvalue weighted by atomic mass is 9.48. The highest BCUT2D eigenvalue weighted by Crippen LogP contribution is 2.87. The maximum Gasteiger partial charge on any atom is 0.132 e. The first-order chi connectivity index (χ1) is 34.3. The molecule has 0 amide bonds. The normalized spacial score (nSPS) is 13.9. The Morgan fingerprint density at radius 2 is 0.473 bits per heavy atom. The third-order valence-corrected chi connectivity index (χ3v) is 38.9. The summed E-state index contributed by atoms with van der Waals surface area (Å²) in [5.41, 5.74) is 3.14. The van der Waals surface area contributed by atoms with Crippen molar-refractivity contribution in [2.45, 2.75) is 21.6 Å². The molecule has 0 radical (unpaired) electrons. The molecule has 0 heterocycles. The zero-order chi connectivity index (χ0) is 55.2. The maximum absolute atomic E-state index is 4.74. The van der Waals surface area contributed by atoms with Crippen LogP contribution < -0.4 is 0 Å². The first-order valence-electron chi connectivity index (χ1n) is 20.0. The van der Waals surface area contributed by atoms with Gasteiger partial charge in [0.15, 0.2) is 0 Å². The van der Waals surface area contributed by atoms with E-state index in [0.717, 1.165) is 112 Å². The molecule has 0 aliphatic heterocycles. The van der Waals surface area contributed by atoms with Gasteiger partial charge in [0.2, 0.25) is 0 Å². The Kier molecular flexibility index (Phi) is 24.2. The van der Waals surface area contributed by atoms with Crippen LogP contribution in [-0.4, -0.2) is 0 Å². The van der Waals surface area contributed by atoms with Crippen LogP contribution in [0.25, 0.3) is 0 Å². The minimum atomic E-state index is -1.70. The number of hydrogen-bond donors (Lipinski definition) is 0. The van der Waals surface area contributed by atoms with Gasteiger partial charge in [0.1, 0.15) is 16.2 Å². The highest BCUT2D eigenvalue weighted by molar-refractivity contribution is 9.27. The van der Waals surface area contributed by atoms with Crippen molar-refractivity contribution in [3.05, 3.63) is 227 Å². The van der Waals surface area contributed by atoms with Gasteiger partial charge in [-0.2, -0.15) is 0 Å². The summed E-state index contributed by atoms with van der Waals surface area (Å²) in [6.45, 7) is 0. The molecule has 0 nitrogen and oxygen atoms in total. The van der Waals surface area contributed by atoms with Crippen LogP contribution in [0.2, 0.25) is 0 Å². The van der Waals surface area contributed by atoms with E-state index in [2.05, 4.69) is 350 Å². The van der Waals surface area contributed by atoms with Crippen LogP contribution in [0.3, 0.4) is 0 Å². The van der Waals surface area contributed by atoms with Gasteiger partial charge in [-0.1, -0.05) is 244 Å². The Labute approximate surface area is 639 Å². The molecule has 0 N–H and O–H groups in total. The van der Waals surface area contributed by atoms with Crippen LogP contribution in [0.1, 0.15) is 44.5 Å². The van der Waals surface area contributed by atoms with E-state index in [-0.39, 0.29) is 0 Å². The molecule has 25 heteroatoms. The molecular weight excluding hydrogens is 2590 g/mol. The van der Waals surface area contributed by atoms with Crippen molar-refractivity contribution in [1.29, 1.82) is 0 Å². The van der Waals surface area contributed by atoms with E-state index >= 15 is 0 Å². The molecule has 7 aromatic rings. The lowest BCUT2D eigenvalue weighted by molar-refractivity contribution is 0.0938. The third kappa shape index (κ3) is 11.4. The van der Waals surface area contributed by atoms with Crippen LogP contribution in [-0.2, 0) is 21.6 Å². The molecule has 0 aliphatic rings. The molecule has 0 fully saturated rings. The Balaban J connectivity index is 2.01. The molecular formula is C49H19Br25. The molecule has 0 saturated carbocycles. The molecule has 1 atom stereocenters. The Morgan fingerprint density at radius 3 is 0.797 bits per heavy atom. The summed E-state index contributed by atoms with van der Waals surface area (Å²) < 4.78 is 4.80. The summed E-state index contributed by atoms with van der Waals surface area (Å²) in [5, 5.41) is 0. The van der Waals surface area contributed by atoms with Gasteiger partial charge >= 0.3 is 0 Å². The summed E-state index contributed by atoms with van der Waals surface area (Å²) in [6, 6.07) is 39.6. The van der Waals surface area contributed by atoms with E-state index in [1.807, 2.05) is 36.4 Å². The van der Waals surface area contributed by atoms with Crippen molar-refractivity contribution in [3.63, 3.8) is 0 Å². The minimum Gasteiger partial charge on any atom is -0.0665 e. The van der Waals surface area contributed by atoms with Gasteiger partial charge in [0.25, 0.3) is 0 Å². The van der Waals surface area contributed by atoms with Crippen LogP contribution in [0.15, 0.2) is 182 Å². The van der Waals surface area contributed by atoms with Gasteiger partial charge in [-0.25, -0.2) is 0 Å². The van der Waals surface area contributed by atoms with E-state index in [1.54, 1.807) is 0 Å². The van der Waals surface area contributed by atoms with Crippen molar-refractivity contribution in [2.75, 3.05) is 0 Å². The predicted octanol–water partition coefficient (Wildman–Crippen LogP) is 30.0. The monoisotopic (exact) mass is 2580 g/mol. The largest absolute Gasteiger partial charge is 0.132 e.